The Morgan fingerprint density at radius 2 is 1.86 bits per heavy atom. The number of hydrogen-bond donors (Lipinski definition) is 1. The number of carbonyl (C=O) groups is 2. The average Bonchev–Trinajstić information content (AvgIpc) is 2.65. The number of sulfonamides is 1. The van der Waals surface area contributed by atoms with E-state index >= 15 is 0 Å². The van der Waals surface area contributed by atoms with Gasteiger partial charge >= 0.3 is 5.97 Å². The molecular formula is C20H21BrN2O5S. The van der Waals surface area contributed by atoms with Gasteiger partial charge in [-0.25, -0.2) is 8.42 Å². The number of halogens is 1. The Bertz CT molecular complexity index is 1020. The van der Waals surface area contributed by atoms with Crippen molar-refractivity contribution in [3.8, 4) is 0 Å². The summed E-state index contributed by atoms with van der Waals surface area (Å²) < 4.78 is 28.1. The maximum absolute atomic E-state index is 13.1. The van der Waals surface area contributed by atoms with Crippen molar-refractivity contribution in [1.29, 1.82) is 0 Å². The lowest BCUT2D eigenvalue weighted by atomic mass is 10.1. The first-order valence-corrected chi connectivity index (χ1v) is 11.3. The molecular weight excluding hydrogens is 460 g/mol. The van der Waals surface area contributed by atoms with E-state index in [4.69, 9.17) is 0 Å². The van der Waals surface area contributed by atoms with Crippen LogP contribution in [0.1, 0.15) is 17.5 Å². The van der Waals surface area contributed by atoms with Gasteiger partial charge in [0.05, 0.1) is 11.3 Å². The summed E-state index contributed by atoms with van der Waals surface area (Å²) in [5.74, 6) is -1.73. The first kappa shape index (κ1) is 21.5. The van der Waals surface area contributed by atoms with Gasteiger partial charge in [0.15, 0.2) is 0 Å². The van der Waals surface area contributed by atoms with Crippen LogP contribution in [0.4, 0.5) is 0 Å². The molecule has 7 nitrogen and oxygen atoms in total. The minimum atomic E-state index is -3.99. The maximum atomic E-state index is 13.1. The third-order valence-corrected chi connectivity index (χ3v) is 7.21. The second kappa shape index (κ2) is 8.64. The van der Waals surface area contributed by atoms with Crippen LogP contribution in [0.15, 0.2) is 57.9 Å². The molecule has 2 aromatic carbocycles. The van der Waals surface area contributed by atoms with E-state index in [1.165, 1.54) is 17.0 Å². The summed E-state index contributed by atoms with van der Waals surface area (Å²) in [5, 5.41) is 9.29. The standard InChI is InChI=1S/C20H21BrN2O5S/c1-14-5-7-17(8-6-14)29(27,28)23-10-9-22(20(26)18(23)12-19(24)25)13-15-3-2-4-16(21)11-15/h2-8,11,18H,9-10,12-13H2,1H3,(H,24,25). The predicted octanol–water partition coefficient (Wildman–Crippen LogP) is 2.63. The summed E-state index contributed by atoms with van der Waals surface area (Å²) >= 11 is 3.38. The Hall–Kier alpha value is -2.23. The molecule has 0 saturated carbocycles. The molecule has 0 spiro atoms. The van der Waals surface area contributed by atoms with Crippen LogP contribution in [0.2, 0.25) is 0 Å². The number of piperazine rings is 1. The van der Waals surface area contributed by atoms with Crippen molar-refractivity contribution in [3.63, 3.8) is 0 Å². The fraction of sp³-hybridized carbons (Fsp3) is 0.300. The summed E-state index contributed by atoms with van der Waals surface area (Å²) in [4.78, 5) is 26.0. The molecule has 0 bridgehead atoms. The number of aryl methyl sites for hydroxylation is 1. The Balaban J connectivity index is 1.89. The van der Waals surface area contributed by atoms with E-state index in [1.807, 2.05) is 31.2 Å². The largest absolute Gasteiger partial charge is 0.481 e. The number of hydrogen-bond acceptors (Lipinski definition) is 4. The van der Waals surface area contributed by atoms with Crippen molar-refractivity contribution in [1.82, 2.24) is 9.21 Å². The number of carbonyl (C=O) groups excluding carboxylic acids is 1. The molecule has 154 valence electrons. The van der Waals surface area contributed by atoms with Gasteiger partial charge in [0.2, 0.25) is 15.9 Å². The first-order valence-electron chi connectivity index (χ1n) is 9.02. The van der Waals surface area contributed by atoms with Crippen LogP contribution in [0.5, 0.6) is 0 Å². The third kappa shape index (κ3) is 4.85. The number of aliphatic carboxylic acids is 1. The van der Waals surface area contributed by atoms with Crippen LogP contribution in [0.3, 0.4) is 0 Å². The van der Waals surface area contributed by atoms with Crippen molar-refractivity contribution < 1.29 is 23.1 Å². The second-order valence-electron chi connectivity index (χ2n) is 6.93. The maximum Gasteiger partial charge on any atom is 0.305 e. The number of carboxylic acids is 1. The molecule has 2 aromatic rings. The minimum absolute atomic E-state index is 0.0356. The van der Waals surface area contributed by atoms with Crippen LogP contribution in [-0.4, -0.2) is 53.7 Å². The SMILES string of the molecule is Cc1ccc(S(=O)(=O)N2CCN(Cc3cccc(Br)c3)C(=O)C2CC(=O)O)cc1. The molecule has 9 heteroatoms. The van der Waals surface area contributed by atoms with Crippen molar-refractivity contribution in [2.24, 2.45) is 0 Å². The fourth-order valence-corrected chi connectivity index (χ4v) is 5.34. The quantitative estimate of drug-likeness (QED) is 0.685. The average molecular weight is 481 g/mol. The lowest BCUT2D eigenvalue weighted by Gasteiger charge is -2.39. The fourth-order valence-electron chi connectivity index (χ4n) is 3.32. The zero-order chi connectivity index (χ0) is 21.2. The molecule has 0 aromatic heterocycles. The highest BCUT2D eigenvalue weighted by atomic mass is 79.9. The molecule has 1 aliphatic heterocycles. The molecule has 1 aliphatic rings. The van der Waals surface area contributed by atoms with Crippen LogP contribution in [0.25, 0.3) is 0 Å². The summed E-state index contributed by atoms with van der Waals surface area (Å²) in [6.07, 6.45) is -0.584. The van der Waals surface area contributed by atoms with E-state index in [9.17, 15) is 23.1 Å². The summed E-state index contributed by atoms with van der Waals surface area (Å²) in [7, 11) is -3.99. The molecule has 1 amide bonds. The van der Waals surface area contributed by atoms with Gasteiger partial charge in [-0.3, -0.25) is 9.59 Å². The zero-order valence-corrected chi connectivity index (χ0v) is 18.2. The monoisotopic (exact) mass is 480 g/mol. The lowest BCUT2D eigenvalue weighted by molar-refractivity contribution is -0.147. The van der Waals surface area contributed by atoms with Gasteiger partial charge in [-0.1, -0.05) is 45.8 Å². The van der Waals surface area contributed by atoms with Gasteiger partial charge < -0.3 is 10.0 Å². The van der Waals surface area contributed by atoms with E-state index < -0.39 is 34.4 Å². The third-order valence-electron chi connectivity index (χ3n) is 4.79. The van der Waals surface area contributed by atoms with Gasteiger partial charge in [-0.05, 0) is 36.8 Å². The van der Waals surface area contributed by atoms with Crippen molar-refractivity contribution in [2.75, 3.05) is 13.1 Å². The summed E-state index contributed by atoms with van der Waals surface area (Å²) in [5.41, 5.74) is 1.78. The molecule has 1 saturated heterocycles. The summed E-state index contributed by atoms with van der Waals surface area (Å²) in [6, 6.07) is 12.5. The Kier molecular flexibility index (Phi) is 6.40. The highest BCUT2D eigenvalue weighted by Crippen LogP contribution is 2.25. The van der Waals surface area contributed by atoms with Crippen molar-refractivity contribution >= 4 is 37.8 Å². The van der Waals surface area contributed by atoms with E-state index in [-0.39, 0.29) is 24.5 Å². The number of amides is 1. The Morgan fingerprint density at radius 1 is 1.17 bits per heavy atom. The van der Waals surface area contributed by atoms with E-state index in [0.717, 1.165) is 19.9 Å². The van der Waals surface area contributed by atoms with Gasteiger partial charge in [-0.15, -0.1) is 0 Å². The second-order valence-corrected chi connectivity index (χ2v) is 9.74. The zero-order valence-electron chi connectivity index (χ0n) is 15.8. The molecule has 1 fully saturated rings. The molecule has 29 heavy (non-hydrogen) atoms. The highest BCUT2D eigenvalue weighted by Gasteiger charge is 2.42. The number of rotatable bonds is 6. The topological polar surface area (TPSA) is 95.0 Å². The Morgan fingerprint density at radius 3 is 2.48 bits per heavy atom. The van der Waals surface area contributed by atoms with Crippen molar-refractivity contribution in [2.45, 2.75) is 30.8 Å². The first-order chi connectivity index (χ1) is 13.7. The smallest absolute Gasteiger partial charge is 0.305 e. The lowest BCUT2D eigenvalue weighted by Crippen LogP contribution is -2.58. The normalized spacial score (nSPS) is 18.1. The molecule has 1 unspecified atom stereocenters. The van der Waals surface area contributed by atoms with Crippen LogP contribution in [-0.2, 0) is 26.2 Å². The Labute approximate surface area is 178 Å². The molecule has 1 N–H and O–H groups in total. The van der Waals surface area contributed by atoms with Crippen LogP contribution >= 0.6 is 15.9 Å². The number of carboxylic acid groups (broad SMARTS) is 1. The van der Waals surface area contributed by atoms with E-state index in [1.54, 1.807) is 12.1 Å². The van der Waals surface area contributed by atoms with Gasteiger partial charge in [0, 0.05) is 24.1 Å². The molecule has 1 atom stereocenters. The highest BCUT2D eigenvalue weighted by molar-refractivity contribution is 9.10. The van der Waals surface area contributed by atoms with E-state index in [0.29, 0.717) is 0 Å². The number of nitrogens with zero attached hydrogens (tertiary/aromatic N) is 2. The van der Waals surface area contributed by atoms with Crippen molar-refractivity contribution in [3.05, 3.63) is 64.1 Å². The van der Waals surface area contributed by atoms with Gasteiger partial charge in [-0.2, -0.15) is 4.31 Å². The van der Waals surface area contributed by atoms with Gasteiger partial charge in [0.1, 0.15) is 6.04 Å². The molecule has 0 aliphatic carbocycles. The van der Waals surface area contributed by atoms with E-state index in [2.05, 4.69) is 15.9 Å². The summed E-state index contributed by atoms with van der Waals surface area (Å²) in [6.45, 7) is 2.35. The number of benzene rings is 2. The van der Waals surface area contributed by atoms with Gasteiger partial charge in [0.25, 0.3) is 0 Å². The molecule has 0 radical (unpaired) electrons. The predicted molar refractivity (Wildman–Crippen MR) is 111 cm³/mol. The minimum Gasteiger partial charge on any atom is -0.481 e. The van der Waals surface area contributed by atoms with Crippen LogP contribution < -0.4 is 0 Å². The molecule has 3 rings (SSSR count). The molecule has 1 heterocycles. The van der Waals surface area contributed by atoms with Crippen LogP contribution in [0, 0.1) is 6.92 Å².